The van der Waals surface area contributed by atoms with Crippen molar-refractivity contribution >= 4 is 17.9 Å². The Bertz CT molecular complexity index is 2290. The van der Waals surface area contributed by atoms with Gasteiger partial charge in [-0.05, 0) is 136 Å². The highest BCUT2D eigenvalue weighted by Crippen LogP contribution is 2.39. The van der Waals surface area contributed by atoms with Crippen molar-refractivity contribution in [3.8, 4) is 23.0 Å². The quantitative estimate of drug-likeness (QED) is 0.0613. The number of phenols is 1. The van der Waals surface area contributed by atoms with Gasteiger partial charge in [0, 0.05) is 19.8 Å². The Kier molecular flexibility index (Phi) is 17.1. The molecule has 0 unspecified atom stereocenters. The maximum Gasteiger partial charge on any atom is 0.347 e. The number of carbonyl (C=O) groups is 3. The fourth-order valence-electron chi connectivity index (χ4n) is 6.99. The number of esters is 3. The first kappa shape index (κ1) is 47.5. The number of ether oxygens (including phenoxy) is 7. The molecule has 0 spiro atoms. The normalized spacial score (nSPS) is 10.7. The van der Waals surface area contributed by atoms with Gasteiger partial charge < -0.3 is 38.3 Å². The number of hydrogen-bond donors (Lipinski definition) is 1. The van der Waals surface area contributed by atoms with Crippen LogP contribution in [0, 0.1) is 62.3 Å². The van der Waals surface area contributed by atoms with Crippen LogP contribution >= 0.6 is 0 Å². The number of hydrogen-bond acceptors (Lipinski definition) is 11. The van der Waals surface area contributed by atoms with E-state index in [-0.39, 0.29) is 44.1 Å². The van der Waals surface area contributed by atoms with E-state index in [4.69, 9.17) is 33.2 Å². The van der Waals surface area contributed by atoms with Gasteiger partial charge in [-0.15, -0.1) is 0 Å². The van der Waals surface area contributed by atoms with Gasteiger partial charge in [-0.25, -0.2) is 14.4 Å². The Labute approximate surface area is 359 Å². The predicted molar refractivity (Wildman–Crippen MR) is 234 cm³/mol. The molecule has 0 atom stereocenters. The van der Waals surface area contributed by atoms with Crippen LogP contribution in [0.5, 0.6) is 23.0 Å². The molecule has 0 fully saturated rings. The molecule has 11 nitrogen and oxygen atoms in total. The zero-order chi connectivity index (χ0) is 45.0. The summed E-state index contributed by atoms with van der Waals surface area (Å²) in [4.78, 5) is 39.2. The van der Waals surface area contributed by atoms with Gasteiger partial charge in [0.2, 0.25) is 0 Å². The third-order valence-electron chi connectivity index (χ3n) is 10.9. The van der Waals surface area contributed by atoms with Crippen LogP contribution in [0.3, 0.4) is 0 Å². The average molecular weight is 835 g/mol. The molecule has 1 N–H and O–H groups in total. The topological polar surface area (TPSA) is 136 Å². The average Bonchev–Trinajstić information content (AvgIpc) is 3.26. The zero-order valence-electron chi connectivity index (χ0n) is 37.4. The van der Waals surface area contributed by atoms with Gasteiger partial charge in [0.15, 0.2) is 13.6 Å². The molecule has 0 aliphatic rings. The maximum absolute atomic E-state index is 13.7. The van der Waals surface area contributed by atoms with Gasteiger partial charge in [0.25, 0.3) is 0 Å². The van der Waals surface area contributed by atoms with Crippen molar-refractivity contribution in [1.29, 1.82) is 0 Å². The Balaban J connectivity index is 0.000000326. The molecule has 5 rings (SSSR count). The first-order valence-electron chi connectivity index (χ1n) is 20.0. The lowest BCUT2D eigenvalue weighted by molar-refractivity contribution is 0.0432. The summed E-state index contributed by atoms with van der Waals surface area (Å²) in [6.07, 6.45) is 0.536. The molecule has 324 valence electrons. The molecule has 0 saturated heterocycles. The van der Waals surface area contributed by atoms with Crippen LogP contribution in [0.25, 0.3) is 0 Å². The number of aromatic hydroxyl groups is 1. The van der Waals surface area contributed by atoms with Crippen LogP contribution in [0.1, 0.15) is 105 Å². The van der Waals surface area contributed by atoms with Gasteiger partial charge in [0.1, 0.15) is 41.8 Å². The van der Waals surface area contributed by atoms with E-state index >= 15 is 0 Å². The van der Waals surface area contributed by atoms with E-state index in [2.05, 4.69) is 0 Å². The number of methoxy groups -OCH3 is 2. The van der Waals surface area contributed by atoms with E-state index in [1.165, 1.54) is 14.2 Å². The Morgan fingerprint density at radius 1 is 0.525 bits per heavy atom. The first-order valence-corrected chi connectivity index (χ1v) is 20.0. The number of carbonyl (C=O) groups excluding carboxylic acids is 3. The fourth-order valence-corrected chi connectivity index (χ4v) is 6.99. The van der Waals surface area contributed by atoms with Crippen LogP contribution in [-0.4, -0.2) is 50.8 Å². The molecule has 5 aromatic rings. The van der Waals surface area contributed by atoms with Crippen LogP contribution < -0.4 is 14.2 Å². The largest absolute Gasteiger partial charge is 0.507 e. The molecular formula is C50H58O11. The summed E-state index contributed by atoms with van der Waals surface area (Å²) >= 11 is 0. The van der Waals surface area contributed by atoms with Gasteiger partial charge >= 0.3 is 17.9 Å². The van der Waals surface area contributed by atoms with E-state index in [0.717, 1.165) is 33.4 Å². The van der Waals surface area contributed by atoms with Crippen LogP contribution in [0.15, 0.2) is 66.7 Å². The molecule has 0 amide bonds. The lowest BCUT2D eigenvalue weighted by Crippen LogP contribution is -2.18. The smallest absolute Gasteiger partial charge is 0.347 e. The molecule has 0 saturated carbocycles. The minimum atomic E-state index is -0.582. The molecule has 0 aliphatic carbocycles. The number of rotatable bonds is 15. The standard InChI is InChI=1S/C32H38O8.C18H20O3/c1-9-25-26(38-17-35-7)15-19(2)27(30(25)39-18-36-8)32(34)40-29-22(5)20(3)28(21(4)23(29)6)31(33)37-16-24-13-11-10-12-14-24;1-11-13(3)17(19)14(4)12(2)16(11)18(20)21-10-15-8-6-5-7-9-15/h10-15H,9,16-18H2,1-8H3;5-9,19H,10H2,1-4H3. The third kappa shape index (κ3) is 11.2. The number of phenolic OH excluding ortho intramolecular Hbond substituents is 1. The van der Waals surface area contributed by atoms with Gasteiger partial charge in [0.05, 0.1) is 11.1 Å². The van der Waals surface area contributed by atoms with Gasteiger partial charge in [-0.1, -0.05) is 67.6 Å². The highest BCUT2D eigenvalue weighted by Gasteiger charge is 2.28. The monoisotopic (exact) mass is 834 g/mol. The van der Waals surface area contributed by atoms with Crippen molar-refractivity contribution < 1.29 is 52.6 Å². The van der Waals surface area contributed by atoms with Gasteiger partial charge in [-0.2, -0.15) is 0 Å². The molecule has 0 radical (unpaired) electrons. The van der Waals surface area contributed by atoms with E-state index in [1.807, 2.05) is 123 Å². The lowest BCUT2D eigenvalue weighted by Gasteiger charge is -2.22. The predicted octanol–water partition coefficient (Wildman–Crippen LogP) is 10.3. The molecule has 0 heterocycles. The summed E-state index contributed by atoms with van der Waals surface area (Å²) < 4.78 is 38.9. The minimum absolute atomic E-state index is 0.0526. The zero-order valence-corrected chi connectivity index (χ0v) is 37.4. The van der Waals surface area contributed by atoms with Crippen molar-refractivity contribution in [1.82, 2.24) is 0 Å². The van der Waals surface area contributed by atoms with Crippen LogP contribution in [0.2, 0.25) is 0 Å². The molecule has 0 bridgehead atoms. The maximum atomic E-state index is 13.7. The molecule has 5 aromatic carbocycles. The molecule has 0 aromatic heterocycles. The Morgan fingerprint density at radius 2 is 0.951 bits per heavy atom. The van der Waals surface area contributed by atoms with Gasteiger partial charge in [-0.3, -0.25) is 0 Å². The second-order valence-electron chi connectivity index (χ2n) is 14.8. The summed E-state index contributed by atoms with van der Waals surface area (Å²) in [5.41, 5.74) is 10.2. The molecular weight excluding hydrogens is 777 g/mol. The molecule has 0 aliphatic heterocycles. The summed E-state index contributed by atoms with van der Waals surface area (Å²) in [6.45, 7) is 18.7. The van der Waals surface area contributed by atoms with Crippen molar-refractivity contribution in [2.75, 3.05) is 27.8 Å². The number of aryl methyl sites for hydroxylation is 1. The Hall–Kier alpha value is -6.17. The van der Waals surface area contributed by atoms with E-state index in [1.54, 1.807) is 13.0 Å². The van der Waals surface area contributed by atoms with Crippen molar-refractivity contribution in [3.63, 3.8) is 0 Å². The number of benzene rings is 5. The van der Waals surface area contributed by atoms with E-state index in [0.29, 0.717) is 68.2 Å². The minimum Gasteiger partial charge on any atom is -0.507 e. The Morgan fingerprint density at radius 3 is 1.38 bits per heavy atom. The second kappa shape index (κ2) is 21.9. The van der Waals surface area contributed by atoms with Crippen molar-refractivity contribution in [3.05, 3.63) is 150 Å². The highest BCUT2D eigenvalue weighted by atomic mass is 16.7. The van der Waals surface area contributed by atoms with E-state index < -0.39 is 11.9 Å². The summed E-state index contributed by atoms with van der Waals surface area (Å²) in [5, 5.41) is 10.0. The van der Waals surface area contributed by atoms with Crippen LogP contribution in [-0.2, 0) is 38.6 Å². The first-order chi connectivity index (χ1) is 29.1. The summed E-state index contributed by atoms with van der Waals surface area (Å²) in [7, 11) is 3.04. The molecule has 11 heteroatoms. The SMILES string of the molecule is CCc1c(OCOC)cc(C)c(C(=O)Oc2c(C)c(C)c(C(=O)OCc3ccccc3)c(C)c2C)c1OCOC.Cc1c(C)c(C(=O)OCc2ccccc2)c(C)c(C)c1O. The van der Waals surface area contributed by atoms with Crippen molar-refractivity contribution in [2.45, 2.75) is 88.9 Å². The van der Waals surface area contributed by atoms with Crippen molar-refractivity contribution in [2.24, 2.45) is 0 Å². The van der Waals surface area contributed by atoms with E-state index in [9.17, 15) is 19.5 Å². The second-order valence-corrected chi connectivity index (χ2v) is 14.8. The fraction of sp³-hybridized carbons (Fsp3) is 0.340. The third-order valence-corrected chi connectivity index (χ3v) is 10.9. The molecule has 61 heavy (non-hydrogen) atoms. The summed E-state index contributed by atoms with van der Waals surface area (Å²) in [5.74, 6) is 0.195. The summed E-state index contributed by atoms with van der Waals surface area (Å²) in [6, 6.07) is 20.9. The lowest BCUT2D eigenvalue weighted by atomic mass is 9.93. The highest BCUT2D eigenvalue weighted by molar-refractivity contribution is 5.98. The van der Waals surface area contributed by atoms with Crippen LogP contribution in [0.4, 0.5) is 0 Å².